The van der Waals surface area contributed by atoms with Gasteiger partial charge >= 0.3 is 0 Å². The zero-order chi connectivity index (χ0) is 19.6. The fourth-order valence-electron chi connectivity index (χ4n) is 3.15. The third-order valence-corrected chi connectivity index (χ3v) is 4.95. The van der Waals surface area contributed by atoms with E-state index in [4.69, 9.17) is 17.0 Å². The average molecular weight is 382 g/mol. The summed E-state index contributed by atoms with van der Waals surface area (Å²) in [6.45, 7) is 5.92. The highest BCUT2D eigenvalue weighted by atomic mass is 32.1. The summed E-state index contributed by atoms with van der Waals surface area (Å²) in [5.41, 5.74) is 5.22. The first kappa shape index (κ1) is 18.9. The van der Waals surface area contributed by atoms with E-state index >= 15 is 0 Å². The van der Waals surface area contributed by atoms with Crippen molar-refractivity contribution in [2.45, 2.75) is 26.8 Å². The average Bonchev–Trinajstić information content (AvgIpc) is 2.64. The molecule has 1 aliphatic rings. The molecule has 140 valence electrons. The van der Waals surface area contributed by atoms with Gasteiger partial charge in [-0.1, -0.05) is 24.3 Å². The molecule has 2 aromatic carbocycles. The largest absolute Gasteiger partial charge is 0.496 e. The molecule has 3 N–H and O–H groups in total. The lowest BCUT2D eigenvalue weighted by Gasteiger charge is -2.31. The SMILES string of the molecule is COc1ccccc1C1NC(=S)NC(C)=C1C(=O)Nc1ccc(C)c(C)c1. The summed E-state index contributed by atoms with van der Waals surface area (Å²) in [6.07, 6.45) is 0. The minimum Gasteiger partial charge on any atom is -0.496 e. The van der Waals surface area contributed by atoms with E-state index in [2.05, 4.69) is 16.0 Å². The molecule has 1 aliphatic heterocycles. The van der Waals surface area contributed by atoms with Gasteiger partial charge in [0.1, 0.15) is 5.75 Å². The van der Waals surface area contributed by atoms with E-state index in [1.807, 2.05) is 63.2 Å². The van der Waals surface area contributed by atoms with Crippen LogP contribution >= 0.6 is 12.2 Å². The van der Waals surface area contributed by atoms with Crippen LogP contribution in [-0.4, -0.2) is 18.1 Å². The number of methoxy groups -OCH3 is 1. The Morgan fingerprint density at radius 3 is 2.56 bits per heavy atom. The monoisotopic (exact) mass is 381 g/mol. The summed E-state index contributed by atoms with van der Waals surface area (Å²) in [6, 6.07) is 13.1. The van der Waals surface area contributed by atoms with Gasteiger partial charge in [0.15, 0.2) is 5.11 Å². The van der Waals surface area contributed by atoms with Crippen molar-refractivity contribution in [3.05, 3.63) is 70.4 Å². The Balaban J connectivity index is 1.98. The quantitative estimate of drug-likeness (QED) is 0.704. The van der Waals surface area contributed by atoms with Crippen molar-refractivity contribution in [3.63, 3.8) is 0 Å². The van der Waals surface area contributed by atoms with Crippen molar-refractivity contribution in [1.82, 2.24) is 10.6 Å². The highest BCUT2D eigenvalue weighted by Gasteiger charge is 2.31. The van der Waals surface area contributed by atoms with Crippen molar-refractivity contribution in [3.8, 4) is 5.75 Å². The summed E-state index contributed by atoms with van der Waals surface area (Å²) in [7, 11) is 1.61. The Labute approximate surface area is 164 Å². The predicted octanol–water partition coefficient (Wildman–Crippen LogP) is 3.74. The van der Waals surface area contributed by atoms with Gasteiger partial charge in [0.25, 0.3) is 5.91 Å². The zero-order valence-corrected chi connectivity index (χ0v) is 16.7. The molecule has 0 spiro atoms. The molecule has 0 bridgehead atoms. The molecule has 0 saturated heterocycles. The molecule has 0 aliphatic carbocycles. The van der Waals surface area contributed by atoms with Crippen molar-refractivity contribution in [2.75, 3.05) is 12.4 Å². The Morgan fingerprint density at radius 1 is 1.11 bits per heavy atom. The maximum atomic E-state index is 13.1. The molecule has 5 nitrogen and oxygen atoms in total. The lowest BCUT2D eigenvalue weighted by Crippen LogP contribution is -2.45. The summed E-state index contributed by atoms with van der Waals surface area (Å²) in [5.74, 6) is 0.512. The van der Waals surface area contributed by atoms with Crippen molar-refractivity contribution >= 4 is 28.9 Å². The van der Waals surface area contributed by atoms with Crippen LogP contribution in [0.15, 0.2) is 53.7 Å². The number of carbonyl (C=O) groups is 1. The third kappa shape index (κ3) is 3.95. The van der Waals surface area contributed by atoms with Gasteiger partial charge in [0.05, 0.1) is 18.7 Å². The van der Waals surface area contributed by atoms with E-state index < -0.39 is 6.04 Å². The molecule has 3 rings (SSSR count). The number of allylic oxidation sites excluding steroid dienone is 1. The molecule has 2 aromatic rings. The first-order chi connectivity index (χ1) is 12.9. The molecule has 0 radical (unpaired) electrons. The van der Waals surface area contributed by atoms with Gasteiger partial charge in [-0.2, -0.15) is 0 Å². The van der Waals surface area contributed by atoms with E-state index in [0.29, 0.717) is 16.4 Å². The lowest BCUT2D eigenvalue weighted by atomic mass is 9.94. The second-order valence-corrected chi connectivity index (χ2v) is 6.97. The van der Waals surface area contributed by atoms with Gasteiger partial charge in [0, 0.05) is 16.9 Å². The summed E-state index contributed by atoms with van der Waals surface area (Å²) in [5, 5.41) is 9.73. The molecule has 0 fully saturated rings. The number of nitrogens with one attached hydrogen (secondary N) is 3. The van der Waals surface area contributed by atoms with Crippen LogP contribution in [0.2, 0.25) is 0 Å². The smallest absolute Gasteiger partial charge is 0.255 e. The van der Waals surface area contributed by atoms with Gasteiger partial charge in [-0.05, 0) is 62.3 Å². The fourth-order valence-corrected chi connectivity index (χ4v) is 3.42. The van der Waals surface area contributed by atoms with Crippen LogP contribution in [0.3, 0.4) is 0 Å². The highest BCUT2D eigenvalue weighted by molar-refractivity contribution is 7.80. The Morgan fingerprint density at radius 2 is 1.85 bits per heavy atom. The van der Waals surface area contributed by atoms with Gasteiger partial charge < -0.3 is 20.7 Å². The molecular weight excluding hydrogens is 358 g/mol. The maximum absolute atomic E-state index is 13.1. The van der Waals surface area contributed by atoms with Gasteiger partial charge in [0.2, 0.25) is 0 Å². The van der Waals surface area contributed by atoms with E-state index in [9.17, 15) is 4.79 Å². The maximum Gasteiger partial charge on any atom is 0.255 e. The van der Waals surface area contributed by atoms with E-state index in [1.165, 1.54) is 5.56 Å². The number of hydrogen-bond acceptors (Lipinski definition) is 3. The first-order valence-corrected chi connectivity index (χ1v) is 9.11. The Bertz CT molecular complexity index is 937. The molecule has 0 saturated carbocycles. The van der Waals surface area contributed by atoms with Crippen LogP contribution in [0.4, 0.5) is 5.69 Å². The molecule has 6 heteroatoms. The van der Waals surface area contributed by atoms with Crippen molar-refractivity contribution in [2.24, 2.45) is 0 Å². The number of rotatable bonds is 4. The number of amides is 1. The number of ether oxygens (including phenoxy) is 1. The number of aryl methyl sites for hydroxylation is 2. The van der Waals surface area contributed by atoms with E-state index in [1.54, 1.807) is 7.11 Å². The number of anilines is 1. The van der Waals surface area contributed by atoms with Crippen molar-refractivity contribution < 1.29 is 9.53 Å². The van der Waals surface area contributed by atoms with Crippen LogP contribution in [0.25, 0.3) is 0 Å². The van der Waals surface area contributed by atoms with Crippen LogP contribution in [-0.2, 0) is 4.79 Å². The topological polar surface area (TPSA) is 62.4 Å². The molecular formula is C21H23N3O2S. The first-order valence-electron chi connectivity index (χ1n) is 8.70. The number of para-hydroxylation sites is 1. The number of thiocarbonyl (C=S) groups is 1. The normalized spacial score (nSPS) is 16.4. The molecule has 27 heavy (non-hydrogen) atoms. The second-order valence-electron chi connectivity index (χ2n) is 6.57. The standard InChI is InChI=1S/C21H23N3O2S/c1-12-9-10-15(11-13(12)2)23-20(25)18-14(3)22-21(27)24-19(18)16-7-5-6-8-17(16)26-4/h5-11,19H,1-4H3,(H,23,25)(H2,22,24,27). The fraction of sp³-hybridized carbons (Fsp3) is 0.238. The predicted molar refractivity (Wildman–Crippen MR) is 112 cm³/mol. The van der Waals surface area contributed by atoms with E-state index in [0.717, 1.165) is 22.5 Å². The van der Waals surface area contributed by atoms with E-state index in [-0.39, 0.29) is 5.91 Å². The molecule has 0 aromatic heterocycles. The third-order valence-electron chi connectivity index (χ3n) is 4.73. The lowest BCUT2D eigenvalue weighted by molar-refractivity contribution is -0.113. The van der Waals surface area contributed by atoms with Gasteiger partial charge in [-0.3, -0.25) is 4.79 Å². The van der Waals surface area contributed by atoms with Gasteiger partial charge in [-0.25, -0.2) is 0 Å². The second kappa shape index (κ2) is 7.80. The number of carbonyl (C=O) groups excluding carboxylic acids is 1. The van der Waals surface area contributed by atoms with Crippen LogP contribution in [0.5, 0.6) is 5.75 Å². The summed E-state index contributed by atoms with van der Waals surface area (Å²) < 4.78 is 5.49. The number of benzene rings is 2. The van der Waals surface area contributed by atoms with Crippen LogP contribution in [0, 0.1) is 13.8 Å². The number of hydrogen-bond donors (Lipinski definition) is 3. The summed E-state index contributed by atoms with van der Waals surface area (Å²) in [4.78, 5) is 13.1. The summed E-state index contributed by atoms with van der Waals surface area (Å²) >= 11 is 5.31. The molecule has 1 amide bonds. The zero-order valence-electron chi connectivity index (χ0n) is 15.8. The van der Waals surface area contributed by atoms with Crippen LogP contribution in [0.1, 0.15) is 29.7 Å². The highest BCUT2D eigenvalue weighted by Crippen LogP contribution is 2.33. The molecule has 1 unspecified atom stereocenters. The van der Waals surface area contributed by atoms with Crippen LogP contribution < -0.4 is 20.7 Å². The van der Waals surface area contributed by atoms with Crippen molar-refractivity contribution in [1.29, 1.82) is 0 Å². The Hall–Kier alpha value is -2.86. The minimum atomic E-state index is -0.401. The van der Waals surface area contributed by atoms with Gasteiger partial charge in [-0.15, -0.1) is 0 Å². The Kier molecular flexibility index (Phi) is 5.46. The molecule has 1 heterocycles. The minimum absolute atomic E-state index is 0.186. The molecule has 1 atom stereocenters.